The van der Waals surface area contributed by atoms with Crippen LogP contribution in [0.5, 0.6) is 0 Å². The molecule has 0 aliphatic rings. The van der Waals surface area contributed by atoms with Crippen LogP contribution in [0, 0.1) is 11.8 Å². The van der Waals surface area contributed by atoms with Gasteiger partial charge in [-0.3, -0.25) is 4.79 Å². The van der Waals surface area contributed by atoms with Gasteiger partial charge in [-0.15, -0.1) is 0 Å². The van der Waals surface area contributed by atoms with Gasteiger partial charge in [0.25, 0.3) is 0 Å². The molecule has 0 rings (SSSR count). The molecule has 21 heavy (non-hydrogen) atoms. The van der Waals surface area contributed by atoms with E-state index in [4.69, 9.17) is 24.7 Å². The molecule has 0 bridgehead atoms. The van der Waals surface area contributed by atoms with E-state index >= 15 is 0 Å². The van der Waals surface area contributed by atoms with Crippen LogP contribution in [0.4, 0.5) is 0 Å². The van der Waals surface area contributed by atoms with Crippen molar-refractivity contribution in [2.24, 2.45) is 17.6 Å². The molecule has 0 spiro atoms. The molecule has 0 aromatic rings. The SMILES string of the molecule is COCCOCCOCCOC(=O)CC(CN)CC(C)C. The highest BCUT2D eigenvalue weighted by molar-refractivity contribution is 5.69. The highest BCUT2D eigenvalue weighted by Gasteiger charge is 2.14. The number of carbonyl (C=O) groups excluding carboxylic acids is 1. The summed E-state index contributed by atoms with van der Waals surface area (Å²) in [7, 11) is 1.63. The first-order chi connectivity index (χ1) is 10.1. The minimum atomic E-state index is -0.203. The molecule has 0 saturated heterocycles. The average molecular weight is 305 g/mol. The summed E-state index contributed by atoms with van der Waals surface area (Å²) >= 11 is 0. The number of methoxy groups -OCH3 is 1. The van der Waals surface area contributed by atoms with Crippen molar-refractivity contribution in [3.05, 3.63) is 0 Å². The van der Waals surface area contributed by atoms with Crippen LogP contribution in [0.25, 0.3) is 0 Å². The summed E-state index contributed by atoms with van der Waals surface area (Å²) in [5.41, 5.74) is 5.66. The van der Waals surface area contributed by atoms with Crippen LogP contribution < -0.4 is 5.73 Å². The minimum Gasteiger partial charge on any atom is -0.463 e. The van der Waals surface area contributed by atoms with Gasteiger partial charge in [-0.05, 0) is 24.8 Å². The molecule has 0 radical (unpaired) electrons. The summed E-state index contributed by atoms with van der Waals surface area (Å²) in [6.07, 6.45) is 1.33. The van der Waals surface area contributed by atoms with Gasteiger partial charge in [0.15, 0.2) is 0 Å². The quantitative estimate of drug-likeness (QED) is 0.384. The molecule has 0 aliphatic carbocycles. The number of hydrogen-bond acceptors (Lipinski definition) is 6. The lowest BCUT2D eigenvalue weighted by atomic mass is 9.94. The van der Waals surface area contributed by atoms with Crippen LogP contribution in [-0.2, 0) is 23.7 Å². The third kappa shape index (κ3) is 14.0. The van der Waals surface area contributed by atoms with Crippen molar-refractivity contribution in [2.45, 2.75) is 26.7 Å². The van der Waals surface area contributed by atoms with Crippen LogP contribution >= 0.6 is 0 Å². The largest absolute Gasteiger partial charge is 0.463 e. The number of ether oxygens (including phenoxy) is 4. The lowest BCUT2D eigenvalue weighted by Gasteiger charge is -2.16. The Balaban J connectivity index is 3.44. The highest BCUT2D eigenvalue weighted by atomic mass is 16.6. The van der Waals surface area contributed by atoms with E-state index in [2.05, 4.69) is 13.8 Å². The van der Waals surface area contributed by atoms with Gasteiger partial charge >= 0.3 is 5.97 Å². The maximum absolute atomic E-state index is 11.6. The van der Waals surface area contributed by atoms with Crippen molar-refractivity contribution >= 4 is 5.97 Å². The lowest BCUT2D eigenvalue weighted by Crippen LogP contribution is -2.22. The van der Waals surface area contributed by atoms with E-state index in [0.29, 0.717) is 51.9 Å². The fourth-order valence-corrected chi connectivity index (χ4v) is 1.90. The van der Waals surface area contributed by atoms with Crippen LogP contribution in [0.3, 0.4) is 0 Å². The van der Waals surface area contributed by atoms with Gasteiger partial charge in [0.2, 0.25) is 0 Å². The van der Waals surface area contributed by atoms with Crippen LogP contribution in [0.15, 0.2) is 0 Å². The Kier molecular flexibility index (Phi) is 13.8. The smallest absolute Gasteiger partial charge is 0.306 e. The van der Waals surface area contributed by atoms with E-state index in [1.807, 2.05) is 0 Å². The Morgan fingerprint density at radius 2 is 1.57 bits per heavy atom. The second-order valence-electron chi connectivity index (χ2n) is 5.37. The zero-order chi connectivity index (χ0) is 15.9. The standard InChI is InChI=1S/C15H31NO5/c1-13(2)10-14(12-16)11-15(17)21-9-8-20-7-6-19-5-4-18-3/h13-14H,4-12,16H2,1-3H3. The summed E-state index contributed by atoms with van der Waals surface area (Å²) in [6, 6.07) is 0. The van der Waals surface area contributed by atoms with Gasteiger partial charge in [-0.2, -0.15) is 0 Å². The molecule has 1 unspecified atom stereocenters. The average Bonchev–Trinajstić information content (AvgIpc) is 2.44. The normalized spacial score (nSPS) is 12.6. The van der Waals surface area contributed by atoms with Gasteiger partial charge in [0.05, 0.1) is 33.0 Å². The Morgan fingerprint density at radius 3 is 2.10 bits per heavy atom. The molecule has 0 aromatic heterocycles. The third-order valence-electron chi connectivity index (χ3n) is 2.89. The van der Waals surface area contributed by atoms with Gasteiger partial charge < -0.3 is 24.7 Å². The maximum Gasteiger partial charge on any atom is 0.306 e. The topological polar surface area (TPSA) is 80.0 Å². The predicted molar refractivity (Wildman–Crippen MR) is 81.1 cm³/mol. The van der Waals surface area contributed by atoms with Crippen molar-refractivity contribution in [1.82, 2.24) is 0 Å². The summed E-state index contributed by atoms with van der Waals surface area (Å²) in [6.45, 7) is 7.56. The van der Waals surface area contributed by atoms with E-state index in [9.17, 15) is 4.79 Å². The number of rotatable bonds is 14. The Labute approximate surface area is 128 Å². The fourth-order valence-electron chi connectivity index (χ4n) is 1.90. The fraction of sp³-hybridized carbons (Fsp3) is 0.933. The number of esters is 1. The van der Waals surface area contributed by atoms with E-state index in [1.54, 1.807) is 7.11 Å². The monoisotopic (exact) mass is 305 g/mol. The zero-order valence-corrected chi connectivity index (χ0v) is 13.6. The Morgan fingerprint density at radius 1 is 1.00 bits per heavy atom. The van der Waals surface area contributed by atoms with Crippen molar-refractivity contribution in [1.29, 1.82) is 0 Å². The van der Waals surface area contributed by atoms with Crippen molar-refractivity contribution in [2.75, 3.05) is 53.3 Å². The van der Waals surface area contributed by atoms with Crippen LogP contribution in [-0.4, -0.2) is 59.3 Å². The lowest BCUT2D eigenvalue weighted by molar-refractivity contribution is -0.146. The van der Waals surface area contributed by atoms with E-state index in [1.165, 1.54) is 0 Å². The summed E-state index contributed by atoms with van der Waals surface area (Å²) < 4.78 is 20.5. The van der Waals surface area contributed by atoms with Crippen molar-refractivity contribution < 1.29 is 23.7 Å². The third-order valence-corrected chi connectivity index (χ3v) is 2.89. The minimum absolute atomic E-state index is 0.201. The summed E-state index contributed by atoms with van der Waals surface area (Å²) in [5, 5.41) is 0. The molecular formula is C15H31NO5. The van der Waals surface area contributed by atoms with E-state index < -0.39 is 0 Å². The molecule has 126 valence electrons. The Hall–Kier alpha value is -0.690. The number of hydrogen-bond donors (Lipinski definition) is 1. The van der Waals surface area contributed by atoms with Crippen LogP contribution in [0.2, 0.25) is 0 Å². The maximum atomic E-state index is 11.6. The second-order valence-corrected chi connectivity index (χ2v) is 5.37. The molecule has 6 heteroatoms. The molecule has 0 saturated carbocycles. The molecule has 0 heterocycles. The number of carbonyl (C=O) groups is 1. The first kappa shape index (κ1) is 20.3. The highest BCUT2D eigenvalue weighted by Crippen LogP contribution is 2.14. The molecule has 0 aliphatic heterocycles. The molecular weight excluding hydrogens is 274 g/mol. The first-order valence-corrected chi connectivity index (χ1v) is 7.60. The molecule has 0 fully saturated rings. The molecule has 6 nitrogen and oxygen atoms in total. The van der Waals surface area contributed by atoms with E-state index in [0.717, 1.165) is 6.42 Å². The van der Waals surface area contributed by atoms with Crippen molar-refractivity contribution in [3.63, 3.8) is 0 Å². The van der Waals surface area contributed by atoms with Crippen molar-refractivity contribution in [3.8, 4) is 0 Å². The summed E-state index contributed by atoms with van der Waals surface area (Å²) in [4.78, 5) is 11.6. The van der Waals surface area contributed by atoms with Gasteiger partial charge in [-0.1, -0.05) is 13.8 Å². The van der Waals surface area contributed by atoms with Gasteiger partial charge in [-0.25, -0.2) is 0 Å². The molecule has 0 amide bonds. The molecule has 1 atom stereocenters. The van der Waals surface area contributed by atoms with Gasteiger partial charge in [0, 0.05) is 13.5 Å². The summed E-state index contributed by atoms with van der Waals surface area (Å²) in [5.74, 6) is 0.534. The number of nitrogens with two attached hydrogens (primary N) is 1. The second kappa shape index (κ2) is 14.3. The zero-order valence-electron chi connectivity index (χ0n) is 13.6. The Bertz CT molecular complexity index is 248. The predicted octanol–water partition coefficient (Wildman–Crippen LogP) is 1.22. The molecule has 0 aromatic carbocycles. The molecule has 2 N–H and O–H groups in total. The van der Waals surface area contributed by atoms with Gasteiger partial charge in [0.1, 0.15) is 6.61 Å². The van der Waals surface area contributed by atoms with E-state index in [-0.39, 0.29) is 18.5 Å². The van der Waals surface area contributed by atoms with Crippen LogP contribution in [0.1, 0.15) is 26.7 Å². The first-order valence-electron chi connectivity index (χ1n) is 7.60.